The van der Waals surface area contributed by atoms with Gasteiger partial charge in [-0.05, 0) is 84.9 Å². The highest BCUT2D eigenvalue weighted by atomic mass is 32.1. The van der Waals surface area contributed by atoms with Crippen LogP contribution in [0.15, 0.2) is 115 Å². The number of hydrogen-bond donors (Lipinski definition) is 0. The number of benzene rings is 6. The molecule has 9 rings (SSSR count). The van der Waals surface area contributed by atoms with Crippen LogP contribution >= 0.6 is 11.3 Å². The molecule has 6 heteroatoms. The minimum atomic E-state index is 0.576. The summed E-state index contributed by atoms with van der Waals surface area (Å²) in [5, 5.41) is 35.6. The Morgan fingerprint density at radius 1 is 0.444 bits per heavy atom. The summed E-state index contributed by atoms with van der Waals surface area (Å²) in [5.41, 5.74) is 7.78. The maximum atomic E-state index is 9.81. The summed E-state index contributed by atoms with van der Waals surface area (Å²) < 4.78 is 6.94. The first-order valence-corrected chi connectivity index (χ1v) is 15.3. The average Bonchev–Trinajstić information content (AvgIpc) is 3.74. The molecule has 0 saturated heterocycles. The number of hydrogen-bond acceptors (Lipinski definition) is 4. The van der Waals surface area contributed by atoms with Crippen LogP contribution in [0.3, 0.4) is 0 Å². The van der Waals surface area contributed by atoms with Crippen molar-refractivity contribution in [2.75, 3.05) is 0 Å². The first-order valence-electron chi connectivity index (χ1n) is 14.4. The van der Waals surface area contributed by atoms with Crippen LogP contribution in [0.1, 0.15) is 16.7 Å². The summed E-state index contributed by atoms with van der Waals surface area (Å²) in [5.74, 6) is 0. The van der Waals surface area contributed by atoms with E-state index < -0.39 is 0 Å². The second-order valence-corrected chi connectivity index (χ2v) is 12.2. The zero-order chi connectivity index (χ0) is 30.2. The van der Waals surface area contributed by atoms with Crippen molar-refractivity contribution in [2.24, 2.45) is 0 Å². The Labute approximate surface area is 260 Å². The van der Waals surface area contributed by atoms with Gasteiger partial charge in [-0.2, -0.15) is 15.8 Å². The molecular weight excluding hydrogens is 571 g/mol. The van der Waals surface area contributed by atoms with Crippen molar-refractivity contribution >= 4 is 75.1 Å². The summed E-state index contributed by atoms with van der Waals surface area (Å²) in [6.07, 6.45) is 0. The van der Waals surface area contributed by atoms with Crippen LogP contribution in [-0.2, 0) is 0 Å². The molecule has 0 radical (unpaired) electrons. The highest BCUT2D eigenvalue weighted by molar-refractivity contribution is 7.26. The lowest BCUT2D eigenvalue weighted by Crippen LogP contribution is -1.98. The summed E-state index contributed by atoms with van der Waals surface area (Å²) >= 11 is 1.79. The van der Waals surface area contributed by atoms with E-state index in [0.717, 1.165) is 55.0 Å². The van der Waals surface area contributed by atoms with E-state index >= 15 is 0 Å². The lowest BCUT2D eigenvalue weighted by Gasteiger charge is -2.13. The molecule has 3 aromatic heterocycles. The fourth-order valence-electron chi connectivity index (χ4n) is 6.85. The maximum Gasteiger partial charge on any atom is 0.0991 e. The van der Waals surface area contributed by atoms with Crippen molar-refractivity contribution in [1.29, 1.82) is 15.8 Å². The number of thiophene rings is 1. The smallest absolute Gasteiger partial charge is 0.0991 e. The normalized spacial score (nSPS) is 11.5. The molecule has 206 valence electrons. The summed E-state index contributed by atoms with van der Waals surface area (Å²) in [7, 11) is 0. The molecule has 0 bridgehead atoms. The molecule has 0 N–H and O–H groups in total. The van der Waals surface area contributed by atoms with Gasteiger partial charge in [0.2, 0.25) is 0 Å². The van der Waals surface area contributed by atoms with Crippen molar-refractivity contribution in [3.8, 4) is 29.6 Å². The lowest BCUT2D eigenvalue weighted by molar-refractivity contribution is 1.13. The van der Waals surface area contributed by atoms with Crippen LogP contribution in [0.2, 0.25) is 0 Å². The Kier molecular flexibility index (Phi) is 5.20. The standard InChI is InChI=1S/C39H19N5S/c40-20-23-8-12-33-30(16-23)31-17-24(21-41)9-13-34(31)43(33)26-4-3-5-27(19-26)44-35-14-10-25(22-42)18-32(35)38-36(44)15-11-29-28-6-1-2-7-37(28)45-39(29)38/h1-19H. The first-order chi connectivity index (χ1) is 22.2. The molecule has 45 heavy (non-hydrogen) atoms. The zero-order valence-electron chi connectivity index (χ0n) is 23.6. The van der Waals surface area contributed by atoms with Gasteiger partial charge in [0.15, 0.2) is 0 Å². The number of fused-ring (bicyclic) bond motifs is 10. The molecule has 6 aromatic carbocycles. The van der Waals surface area contributed by atoms with Gasteiger partial charge >= 0.3 is 0 Å². The van der Waals surface area contributed by atoms with E-state index in [1.54, 1.807) is 11.3 Å². The molecule has 0 fully saturated rings. The maximum absolute atomic E-state index is 9.81. The Morgan fingerprint density at radius 2 is 0.978 bits per heavy atom. The predicted octanol–water partition coefficient (Wildman–Crippen LogP) is 9.86. The molecule has 5 nitrogen and oxygen atoms in total. The van der Waals surface area contributed by atoms with E-state index in [1.165, 1.54) is 20.2 Å². The quantitative estimate of drug-likeness (QED) is 0.201. The molecule has 9 aromatic rings. The Morgan fingerprint density at radius 3 is 1.60 bits per heavy atom. The van der Waals surface area contributed by atoms with Crippen LogP contribution in [0.5, 0.6) is 0 Å². The van der Waals surface area contributed by atoms with E-state index in [-0.39, 0.29) is 0 Å². The monoisotopic (exact) mass is 589 g/mol. The van der Waals surface area contributed by atoms with E-state index in [0.29, 0.717) is 16.7 Å². The number of nitriles is 3. The lowest BCUT2D eigenvalue weighted by atomic mass is 10.1. The molecule has 0 saturated carbocycles. The van der Waals surface area contributed by atoms with Gasteiger partial charge in [0, 0.05) is 53.1 Å². The van der Waals surface area contributed by atoms with Gasteiger partial charge in [0.05, 0.1) is 57.0 Å². The van der Waals surface area contributed by atoms with Crippen molar-refractivity contribution in [1.82, 2.24) is 9.13 Å². The third kappa shape index (κ3) is 3.51. The van der Waals surface area contributed by atoms with Gasteiger partial charge in [-0.15, -0.1) is 11.3 Å². The average molecular weight is 590 g/mol. The Balaban J connectivity index is 1.36. The summed E-state index contributed by atoms with van der Waals surface area (Å²) in [4.78, 5) is 0. The van der Waals surface area contributed by atoms with Crippen LogP contribution < -0.4 is 0 Å². The van der Waals surface area contributed by atoms with Gasteiger partial charge in [-0.3, -0.25) is 0 Å². The molecule has 0 amide bonds. The van der Waals surface area contributed by atoms with Crippen molar-refractivity contribution in [3.63, 3.8) is 0 Å². The minimum Gasteiger partial charge on any atom is -0.309 e. The molecule has 0 spiro atoms. The van der Waals surface area contributed by atoms with Crippen LogP contribution in [0.25, 0.3) is 75.2 Å². The van der Waals surface area contributed by atoms with E-state index in [4.69, 9.17) is 0 Å². The highest BCUT2D eigenvalue weighted by Crippen LogP contribution is 2.44. The molecule has 3 heterocycles. The third-order valence-corrected chi connectivity index (χ3v) is 9.98. The highest BCUT2D eigenvalue weighted by Gasteiger charge is 2.19. The van der Waals surface area contributed by atoms with Gasteiger partial charge in [0.25, 0.3) is 0 Å². The molecule has 0 unspecified atom stereocenters. The van der Waals surface area contributed by atoms with E-state index in [2.05, 4.69) is 88.0 Å². The molecule has 0 aliphatic carbocycles. The summed E-state index contributed by atoms with van der Waals surface area (Å²) in [6, 6.07) is 45.6. The van der Waals surface area contributed by atoms with E-state index in [1.807, 2.05) is 54.6 Å². The van der Waals surface area contributed by atoms with E-state index in [9.17, 15) is 15.8 Å². The zero-order valence-corrected chi connectivity index (χ0v) is 24.4. The first kappa shape index (κ1) is 25.1. The van der Waals surface area contributed by atoms with Crippen LogP contribution in [0, 0.1) is 34.0 Å². The number of nitrogens with zero attached hydrogens (tertiary/aromatic N) is 5. The molecule has 0 aliphatic heterocycles. The largest absolute Gasteiger partial charge is 0.309 e. The fourth-order valence-corrected chi connectivity index (χ4v) is 8.10. The van der Waals surface area contributed by atoms with Gasteiger partial charge in [-0.25, -0.2) is 0 Å². The van der Waals surface area contributed by atoms with Crippen molar-refractivity contribution in [3.05, 3.63) is 132 Å². The molecular formula is C39H19N5S. The van der Waals surface area contributed by atoms with Crippen molar-refractivity contribution in [2.45, 2.75) is 0 Å². The Bertz CT molecular complexity index is 2790. The van der Waals surface area contributed by atoms with Gasteiger partial charge < -0.3 is 9.13 Å². The second-order valence-electron chi connectivity index (χ2n) is 11.2. The third-order valence-electron chi connectivity index (χ3n) is 8.77. The summed E-state index contributed by atoms with van der Waals surface area (Å²) in [6.45, 7) is 0. The molecule has 0 atom stereocenters. The minimum absolute atomic E-state index is 0.576. The second kappa shape index (κ2) is 9.30. The van der Waals surface area contributed by atoms with Gasteiger partial charge in [-0.1, -0.05) is 30.3 Å². The number of aromatic nitrogens is 2. The SMILES string of the molecule is N#Cc1ccc2c(c1)c1cc(C#N)ccc1n2-c1cccc(-n2c3ccc(C#N)cc3c3c4sc5ccccc5c4ccc32)c1. The topological polar surface area (TPSA) is 81.2 Å². The van der Waals surface area contributed by atoms with Crippen molar-refractivity contribution < 1.29 is 0 Å². The van der Waals surface area contributed by atoms with Crippen LogP contribution in [0.4, 0.5) is 0 Å². The molecule has 0 aliphatic rings. The van der Waals surface area contributed by atoms with Crippen LogP contribution in [-0.4, -0.2) is 9.13 Å². The fraction of sp³-hybridized carbons (Fsp3) is 0. The Hall–Kier alpha value is -6.39. The van der Waals surface area contributed by atoms with Gasteiger partial charge in [0.1, 0.15) is 0 Å². The predicted molar refractivity (Wildman–Crippen MR) is 182 cm³/mol. The number of rotatable bonds is 2.